The molecule has 0 aromatic carbocycles. The molecular weight excluding hydrogens is 178 g/mol. The summed E-state index contributed by atoms with van der Waals surface area (Å²) in [6.45, 7) is 0. The Morgan fingerprint density at radius 2 is 2.36 bits per heavy atom. The molecular formula is C11H15NO2. The van der Waals surface area contributed by atoms with Crippen LogP contribution in [-0.2, 0) is 0 Å². The molecule has 3 heteroatoms. The van der Waals surface area contributed by atoms with Crippen LogP contribution in [-0.4, -0.2) is 23.3 Å². The van der Waals surface area contributed by atoms with Gasteiger partial charge in [-0.25, -0.2) is 0 Å². The first-order valence-corrected chi connectivity index (χ1v) is 5.00. The Morgan fingerprint density at radius 1 is 1.50 bits per heavy atom. The topological polar surface area (TPSA) is 42.4 Å². The van der Waals surface area contributed by atoms with Gasteiger partial charge in [0.25, 0.3) is 0 Å². The highest BCUT2D eigenvalue weighted by Crippen LogP contribution is 2.37. The summed E-state index contributed by atoms with van der Waals surface area (Å²) >= 11 is 0. The second kappa shape index (κ2) is 3.96. The summed E-state index contributed by atoms with van der Waals surface area (Å²) in [4.78, 5) is 4.30. The summed E-state index contributed by atoms with van der Waals surface area (Å²) in [6, 6.07) is 3.75. The minimum atomic E-state index is -0.251. The van der Waals surface area contributed by atoms with Crippen molar-refractivity contribution in [2.45, 2.75) is 31.3 Å². The summed E-state index contributed by atoms with van der Waals surface area (Å²) in [5, 5.41) is 9.77. The van der Waals surface area contributed by atoms with Gasteiger partial charge in [-0.15, -0.1) is 0 Å². The van der Waals surface area contributed by atoms with Crippen molar-refractivity contribution in [2.24, 2.45) is 0 Å². The fourth-order valence-electron chi connectivity index (χ4n) is 2.11. The second-order valence-electron chi connectivity index (χ2n) is 3.70. The molecule has 1 fully saturated rings. The van der Waals surface area contributed by atoms with Gasteiger partial charge in [-0.05, 0) is 25.0 Å². The quantitative estimate of drug-likeness (QED) is 0.777. The lowest BCUT2D eigenvalue weighted by atomic mass is 10.0. The van der Waals surface area contributed by atoms with Crippen LogP contribution >= 0.6 is 0 Å². The Hall–Kier alpha value is -1.09. The van der Waals surface area contributed by atoms with E-state index in [1.54, 1.807) is 13.3 Å². The zero-order valence-electron chi connectivity index (χ0n) is 8.31. The van der Waals surface area contributed by atoms with Gasteiger partial charge in [-0.3, -0.25) is 4.98 Å². The number of hydrogen-bond acceptors (Lipinski definition) is 3. The van der Waals surface area contributed by atoms with Gasteiger partial charge >= 0.3 is 0 Å². The van der Waals surface area contributed by atoms with E-state index < -0.39 is 0 Å². The van der Waals surface area contributed by atoms with Crippen molar-refractivity contribution in [2.75, 3.05) is 7.11 Å². The Bertz CT molecular complexity index is 314. The van der Waals surface area contributed by atoms with Crippen LogP contribution in [0, 0.1) is 0 Å². The molecule has 1 heterocycles. The van der Waals surface area contributed by atoms with Gasteiger partial charge in [0, 0.05) is 12.1 Å². The Labute approximate surface area is 83.7 Å². The molecule has 1 aromatic heterocycles. The van der Waals surface area contributed by atoms with Gasteiger partial charge in [-0.2, -0.15) is 0 Å². The van der Waals surface area contributed by atoms with Crippen LogP contribution in [0.1, 0.15) is 30.9 Å². The SMILES string of the molecule is COc1cccnc1C1CCCC1O. The van der Waals surface area contributed by atoms with E-state index in [9.17, 15) is 5.11 Å². The fraction of sp³-hybridized carbons (Fsp3) is 0.545. The number of pyridine rings is 1. The van der Waals surface area contributed by atoms with Crippen LogP contribution in [0.4, 0.5) is 0 Å². The molecule has 1 N–H and O–H groups in total. The molecule has 2 rings (SSSR count). The molecule has 0 amide bonds. The number of aromatic nitrogens is 1. The van der Waals surface area contributed by atoms with Crippen molar-refractivity contribution in [1.82, 2.24) is 4.98 Å². The van der Waals surface area contributed by atoms with Gasteiger partial charge in [0.2, 0.25) is 0 Å². The number of aliphatic hydroxyl groups excluding tert-OH is 1. The summed E-state index contributed by atoms with van der Waals surface area (Å²) in [6.07, 6.45) is 4.46. The van der Waals surface area contributed by atoms with Crippen LogP contribution < -0.4 is 4.74 Å². The third-order valence-electron chi connectivity index (χ3n) is 2.85. The van der Waals surface area contributed by atoms with Crippen molar-refractivity contribution in [3.63, 3.8) is 0 Å². The van der Waals surface area contributed by atoms with Crippen LogP contribution in [0.15, 0.2) is 18.3 Å². The van der Waals surface area contributed by atoms with Gasteiger partial charge < -0.3 is 9.84 Å². The van der Waals surface area contributed by atoms with Gasteiger partial charge in [-0.1, -0.05) is 6.42 Å². The van der Waals surface area contributed by atoms with E-state index in [2.05, 4.69) is 4.98 Å². The molecule has 2 atom stereocenters. The van der Waals surface area contributed by atoms with Crippen molar-refractivity contribution in [3.8, 4) is 5.75 Å². The number of aliphatic hydroxyl groups is 1. The molecule has 3 nitrogen and oxygen atoms in total. The largest absolute Gasteiger partial charge is 0.495 e. The molecule has 2 unspecified atom stereocenters. The number of ether oxygens (including phenoxy) is 1. The minimum Gasteiger partial charge on any atom is -0.495 e. The molecule has 14 heavy (non-hydrogen) atoms. The Morgan fingerprint density at radius 3 is 3.00 bits per heavy atom. The highest BCUT2D eigenvalue weighted by atomic mass is 16.5. The van der Waals surface area contributed by atoms with Crippen LogP contribution in [0.25, 0.3) is 0 Å². The predicted molar refractivity (Wildman–Crippen MR) is 53.4 cm³/mol. The molecule has 76 valence electrons. The van der Waals surface area contributed by atoms with Crippen LogP contribution in [0.5, 0.6) is 5.75 Å². The molecule has 0 aliphatic heterocycles. The van der Waals surface area contributed by atoms with Gasteiger partial charge in [0.05, 0.1) is 18.9 Å². The summed E-state index contributed by atoms with van der Waals surface area (Å²) in [5.41, 5.74) is 0.903. The second-order valence-corrected chi connectivity index (χ2v) is 3.70. The molecule has 0 saturated heterocycles. The monoisotopic (exact) mass is 193 g/mol. The lowest BCUT2D eigenvalue weighted by Gasteiger charge is -2.16. The number of rotatable bonds is 2. The third-order valence-corrected chi connectivity index (χ3v) is 2.85. The smallest absolute Gasteiger partial charge is 0.140 e. The molecule has 1 saturated carbocycles. The van der Waals surface area contributed by atoms with Crippen LogP contribution in [0.2, 0.25) is 0 Å². The average molecular weight is 193 g/mol. The average Bonchev–Trinajstić information content (AvgIpc) is 2.64. The van der Waals surface area contributed by atoms with E-state index in [1.165, 1.54) is 0 Å². The maximum Gasteiger partial charge on any atom is 0.140 e. The van der Waals surface area contributed by atoms with E-state index >= 15 is 0 Å². The normalized spacial score (nSPS) is 26.4. The zero-order valence-corrected chi connectivity index (χ0v) is 8.31. The zero-order chi connectivity index (χ0) is 9.97. The first-order chi connectivity index (χ1) is 6.83. The van der Waals surface area contributed by atoms with E-state index in [4.69, 9.17) is 4.74 Å². The van der Waals surface area contributed by atoms with Gasteiger partial charge in [0.1, 0.15) is 5.75 Å². The first-order valence-electron chi connectivity index (χ1n) is 5.00. The number of hydrogen-bond donors (Lipinski definition) is 1. The summed E-state index contributed by atoms with van der Waals surface area (Å²) in [7, 11) is 1.64. The molecule has 1 aliphatic rings. The summed E-state index contributed by atoms with van der Waals surface area (Å²) in [5.74, 6) is 0.949. The van der Waals surface area contributed by atoms with Crippen molar-refractivity contribution < 1.29 is 9.84 Å². The minimum absolute atomic E-state index is 0.158. The summed E-state index contributed by atoms with van der Waals surface area (Å²) < 4.78 is 5.23. The highest BCUT2D eigenvalue weighted by molar-refractivity contribution is 5.31. The van der Waals surface area contributed by atoms with Crippen molar-refractivity contribution in [1.29, 1.82) is 0 Å². The highest BCUT2D eigenvalue weighted by Gasteiger charge is 2.29. The molecule has 1 aromatic rings. The first kappa shape index (κ1) is 9.46. The van der Waals surface area contributed by atoms with E-state index in [0.29, 0.717) is 0 Å². The van der Waals surface area contributed by atoms with E-state index in [1.807, 2.05) is 12.1 Å². The lowest BCUT2D eigenvalue weighted by Crippen LogP contribution is -2.13. The number of nitrogens with zero attached hydrogens (tertiary/aromatic N) is 1. The maximum absolute atomic E-state index is 9.77. The van der Waals surface area contributed by atoms with Crippen LogP contribution in [0.3, 0.4) is 0 Å². The van der Waals surface area contributed by atoms with Crippen molar-refractivity contribution in [3.05, 3.63) is 24.0 Å². The molecule has 1 aliphatic carbocycles. The van der Waals surface area contributed by atoms with Crippen molar-refractivity contribution >= 4 is 0 Å². The Kier molecular flexibility index (Phi) is 2.68. The third kappa shape index (κ3) is 1.60. The molecule has 0 radical (unpaired) electrons. The molecule has 0 bridgehead atoms. The lowest BCUT2D eigenvalue weighted by molar-refractivity contribution is 0.161. The standard InChI is InChI=1S/C11H15NO2/c1-14-10-6-3-7-12-11(10)8-4-2-5-9(8)13/h3,6-9,13H,2,4-5H2,1H3. The van der Waals surface area contributed by atoms with Gasteiger partial charge in [0.15, 0.2) is 0 Å². The Balaban J connectivity index is 2.30. The van der Waals surface area contributed by atoms with E-state index in [0.717, 1.165) is 30.7 Å². The molecule has 0 spiro atoms. The predicted octanol–water partition coefficient (Wildman–Crippen LogP) is 1.72. The van der Waals surface area contributed by atoms with E-state index in [-0.39, 0.29) is 12.0 Å². The number of methoxy groups -OCH3 is 1. The maximum atomic E-state index is 9.77. The fourth-order valence-corrected chi connectivity index (χ4v) is 2.11.